The molecule has 0 amide bonds. The van der Waals surface area contributed by atoms with E-state index in [0.29, 0.717) is 12.4 Å². The molecule has 0 fully saturated rings. The van der Waals surface area contributed by atoms with Crippen LogP contribution in [0.1, 0.15) is 29.8 Å². The molecular weight excluding hydrogens is 459 g/mol. The smallest absolute Gasteiger partial charge is 0.216 e. The lowest BCUT2D eigenvalue weighted by Crippen LogP contribution is -2.38. The molecule has 2 rings (SSSR count). The molecule has 0 saturated carbocycles. The molecule has 0 radical (unpaired) electrons. The van der Waals surface area contributed by atoms with Gasteiger partial charge in [0.1, 0.15) is 12.3 Å². The van der Waals surface area contributed by atoms with E-state index in [1.54, 1.807) is 14.2 Å². The number of benzene rings is 1. The van der Waals surface area contributed by atoms with Crippen LogP contribution in [0.25, 0.3) is 0 Å². The molecule has 0 bridgehead atoms. The summed E-state index contributed by atoms with van der Waals surface area (Å²) in [6.07, 6.45) is 0.835. The highest BCUT2D eigenvalue weighted by atomic mass is 127. The molecule has 0 atom stereocenters. The maximum absolute atomic E-state index is 5.56. The summed E-state index contributed by atoms with van der Waals surface area (Å²) in [5, 5.41) is 6.55. The fourth-order valence-corrected chi connectivity index (χ4v) is 2.46. The van der Waals surface area contributed by atoms with E-state index in [0.717, 1.165) is 54.0 Å². The Balaban J connectivity index is 0.00000364. The molecule has 7 nitrogen and oxygen atoms in total. The normalized spacial score (nSPS) is 10.9. The number of nitrogens with zero attached hydrogens (tertiary/aromatic N) is 2. The molecule has 8 heteroatoms. The van der Waals surface area contributed by atoms with Crippen molar-refractivity contribution in [3.8, 4) is 11.5 Å². The number of ether oxygens (including phenoxy) is 2. The molecule has 2 N–H and O–H groups in total. The summed E-state index contributed by atoms with van der Waals surface area (Å²) >= 11 is 0. The zero-order valence-corrected chi connectivity index (χ0v) is 18.9. The monoisotopic (exact) mass is 488 g/mol. The van der Waals surface area contributed by atoms with Gasteiger partial charge in [-0.1, -0.05) is 6.07 Å². The molecular formula is C19H29IN4O3. The number of aliphatic imine (C=N–C) groups is 1. The number of guanidine groups is 1. The Bertz CT molecular complexity index is 727. The van der Waals surface area contributed by atoms with Gasteiger partial charge in [-0.2, -0.15) is 0 Å². The number of oxazole rings is 1. The third-order valence-corrected chi connectivity index (χ3v) is 3.94. The molecule has 1 heterocycles. The van der Waals surface area contributed by atoms with Gasteiger partial charge in [0.05, 0.1) is 19.9 Å². The van der Waals surface area contributed by atoms with E-state index in [9.17, 15) is 0 Å². The number of rotatable bonds is 8. The second kappa shape index (κ2) is 11.7. The highest BCUT2D eigenvalue weighted by Gasteiger charge is 2.07. The summed E-state index contributed by atoms with van der Waals surface area (Å²) in [7, 11) is 3.27. The molecule has 150 valence electrons. The van der Waals surface area contributed by atoms with E-state index in [-0.39, 0.29) is 24.0 Å². The van der Waals surface area contributed by atoms with Crippen molar-refractivity contribution < 1.29 is 13.9 Å². The van der Waals surface area contributed by atoms with Crippen molar-refractivity contribution >= 4 is 29.9 Å². The molecule has 1 aromatic heterocycles. The van der Waals surface area contributed by atoms with Crippen LogP contribution in [0.3, 0.4) is 0 Å². The van der Waals surface area contributed by atoms with Gasteiger partial charge >= 0.3 is 0 Å². The first kappa shape index (κ1) is 23.1. The Labute approximate surface area is 178 Å². The van der Waals surface area contributed by atoms with Crippen LogP contribution in [0.15, 0.2) is 27.6 Å². The van der Waals surface area contributed by atoms with E-state index in [2.05, 4.69) is 20.6 Å². The van der Waals surface area contributed by atoms with Gasteiger partial charge < -0.3 is 24.5 Å². The number of aromatic nitrogens is 1. The molecule has 1 aromatic carbocycles. The van der Waals surface area contributed by atoms with E-state index in [1.807, 2.05) is 39.0 Å². The molecule has 0 aliphatic rings. The maximum atomic E-state index is 5.56. The predicted molar refractivity (Wildman–Crippen MR) is 117 cm³/mol. The van der Waals surface area contributed by atoms with Gasteiger partial charge in [0.2, 0.25) is 5.89 Å². The van der Waals surface area contributed by atoms with E-state index >= 15 is 0 Å². The van der Waals surface area contributed by atoms with E-state index in [1.165, 1.54) is 0 Å². The summed E-state index contributed by atoms with van der Waals surface area (Å²) in [6, 6.07) is 5.94. The summed E-state index contributed by atoms with van der Waals surface area (Å²) in [5.41, 5.74) is 2.06. The lowest BCUT2D eigenvalue weighted by Gasteiger charge is -2.12. The lowest BCUT2D eigenvalue weighted by molar-refractivity contribution is 0.354. The van der Waals surface area contributed by atoms with Crippen molar-refractivity contribution in [1.82, 2.24) is 15.6 Å². The molecule has 0 unspecified atom stereocenters. The Hall–Kier alpha value is -1.97. The second-order valence-electron chi connectivity index (χ2n) is 5.81. The summed E-state index contributed by atoms with van der Waals surface area (Å²) < 4.78 is 16.2. The largest absolute Gasteiger partial charge is 0.493 e. The topological polar surface area (TPSA) is 80.9 Å². The van der Waals surface area contributed by atoms with E-state index in [4.69, 9.17) is 13.9 Å². The average molecular weight is 488 g/mol. The number of hydrogen-bond acceptors (Lipinski definition) is 5. The van der Waals surface area contributed by atoms with Crippen molar-refractivity contribution in [1.29, 1.82) is 0 Å². The van der Waals surface area contributed by atoms with Gasteiger partial charge in [0, 0.05) is 13.1 Å². The highest BCUT2D eigenvalue weighted by Crippen LogP contribution is 2.27. The third-order valence-electron chi connectivity index (χ3n) is 3.94. The standard InChI is InChI=1S/C19H28N4O3.HI/c1-6-20-19(22-12-18-23-13(2)14(3)26-18)21-10-9-15-7-8-16(24-4)17(11-15)25-5;/h7-8,11H,6,9-10,12H2,1-5H3,(H2,20,21,22);1H. The van der Waals surface area contributed by atoms with Gasteiger partial charge in [-0.15, -0.1) is 24.0 Å². The van der Waals surface area contributed by atoms with Gasteiger partial charge in [0.25, 0.3) is 0 Å². The van der Waals surface area contributed by atoms with Crippen molar-refractivity contribution in [2.24, 2.45) is 4.99 Å². The fourth-order valence-electron chi connectivity index (χ4n) is 2.46. The number of methoxy groups -OCH3 is 2. The molecule has 0 spiro atoms. The Morgan fingerprint density at radius 3 is 2.48 bits per heavy atom. The fraction of sp³-hybridized carbons (Fsp3) is 0.474. The van der Waals surface area contributed by atoms with Gasteiger partial charge in [-0.05, 0) is 44.9 Å². The molecule has 0 saturated heterocycles. The van der Waals surface area contributed by atoms with Gasteiger partial charge in [-0.25, -0.2) is 9.98 Å². The molecule has 27 heavy (non-hydrogen) atoms. The first-order chi connectivity index (χ1) is 12.6. The maximum Gasteiger partial charge on any atom is 0.216 e. The van der Waals surface area contributed by atoms with Crippen molar-refractivity contribution in [3.63, 3.8) is 0 Å². The van der Waals surface area contributed by atoms with E-state index < -0.39 is 0 Å². The first-order valence-electron chi connectivity index (χ1n) is 8.73. The predicted octanol–water partition coefficient (Wildman–Crippen LogP) is 3.22. The molecule has 2 aromatic rings. The second-order valence-corrected chi connectivity index (χ2v) is 5.81. The van der Waals surface area contributed by atoms with Crippen molar-refractivity contribution in [2.75, 3.05) is 27.3 Å². The zero-order valence-electron chi connectivity index (χ0n) is 16.6. The van der Waals surface area contributed by atoms with Crippen LogP contribution in [0.4, 0.5) is 0 Å². The number of halogens is 1. The van der Waals surface area contributed by atoms with Gasteiger partial charge in [0.15, 0.2) is 17.5 Å². The SMILES string of the molecule is CCNC(=NCc1nc(C)c(C)o1)NCCc1ccc(OC)c(OC)c1.I. The minimum absolute atomic E-state index is 0. The van der Waals surface area contributed by atoms with Crippen molar-refractivity contribution in [2.45, 2.75) is 33.7 Å². The first-order valence-corrected chi connectivity index (χ1v) is 8.73. The molecule has 0 aliphatic carbocycles. The number of hydrogen-bond donors (Lipinski definition) is 2. The summed E-state index contributed by atoms with van der Waals surface area (Å²) in [5.74, 6) is 3.66. The molecule has 0 aliphatic heterocycles. The van der Waals surface area contributed by atoms with Crippen LogP contribution in [0, 0.1) is 13.8 Å². The minimum Gasteiger partial charge on any atom is -0.493 e. The summed E-state index contributed by atoms with van der Waals surface area (Å²) in [4.78, 5) is 8.87. The Kier molecular flexibility index (Phi) is 9.98. The van der Waals surface area contributed by atoms with Crippen LogP contribution in [0.2, 0.25) is 0 Å². The van der Waals surface area contributed by atoms with Crippen LogP contribution < -0.4 is 20.1 Å². The van der Waals surface area contributed by atoms with Crippen molar-refractivity contribution in [3.05, 3.63) is 41.1 Å². The highest BCUT2D eigenvalue weighted by molar-refractivity contribution is 14.0. The Morgan fingerprint density at radius 2 is 1.89 bits per heavy atom. The van der Waals surface area contributed by atoms with Crippen LogP contribution in [-0.2, 0) is 13.0 Å². The Morgan fingerprint density at radius 1 is 1.15 bits per heavy atom. The number of nitrogens with one attached hydrogen (secondary N) is 2. The van der Waals surface area contributed by atoms with Crippen LogP contribution >= 0.6 is 24.0 Å². The third kappa shape index (κ3) is 6.93. The lowest BCUT2D eigenvalue weighted by atomic mass is 10.1. The van der Waals surface area contributed by atoms with Gasteiger partial charge in [-0.3, -0.25) is 0 Å². The zero-order chi connectivity index (χ0) is 18.9. The quantitative estimate of drug-likeness (QED) is 0.338. The minimum atomic E-state index is 0. The van der Waals surface area contributed by atoms with Crippen LogP contribution in [-0.4, -0.2) is 38.3 Å². The average Bonchev–Trinajstić information content (AvgIpc) is 2.97. The van der Waals surface area contributed by atoms with Crippen LogP contribution in [0.5, 0.6) is 11.5 Å². The number of aryl methyl sites for hydroxylation is 2. The summed E-state index contributed by atoms with van der Waals surface area (Å²) in [6.45, 7) is 7.79.